The highest BCUT2D eigenvalue weighted by Gasteiger charge is 2.69. The number of sulfone groups is 1. The second-order valence-corrected chi connectivity index (χ2v) is 17.9. The van der Waals surface area contributed by atoms with Crippen molar-refractivity contribution in [1.29, 1.82) is 0 Å². The van der Waals surface area contributed by atoms with Gasteiger partial charge >= 0.3 is 6.03 Å². The lowest BCUT2D eigenvalue weighted by atomic mass is 9.83. The van der Waals surface area contributed by atoms with Gasteiger partial charge in [0.05, 0.1) is 17.5 Å². The van der Waals surface area contributed by atoms with Crippen molar-refractivity contribution in [1.82, 2.24) is 26.2 Å². The second-order valence-electron chi connectivity index (χ2n) is 15.7. The molecule has 3 fully saturated rings. The molecule has 1 aliphatic heterocycles. The van der Waals surface area contributed by atoms with E-state index in [0.717, 1.165) is 32.1 Å². The third-order valence-electron chi connectivity index (χ3n) is 10.4. The number of allylic oxidation sites excluding steroid dienone is 1. The van der Waals surface area contributed by atoms with Crippen LogP contribution in [0.25, 0.3) is 0 Å². The minimum absolute atomic E-state index is 0.0704. The first kappa shape index (κ1) is 39.1. The predicted molar refractivity (Wildman–Crippen MR) is 191 cm³/mol. The van der Waals surface area contributed by atoms with E-state index in [9.17, 15) is 32.4 Å². The number of nitrogens with one attached hydrogen (secondary N) is 4. The highest BCUT2D eigenvalue weighted by atomic mass is 32.2. The van der Waals surface area contributed by atoms with Gasteiger partial charge in [-0.3, -0.25) is 19.2 Å². The summed E-state index contributed by atoms with van der Waals surface area (Å²) in [5.74, 6) is -3.44. The number of rotatable bonds is 15. The van der Waals surface area contributed by atoms with Gasteiger partial charge in [-0.05, 0) is 75.2 Å². The van der Waals surface area contributed by atoms with Gasteiger partial charge in [0.15, 0.2) is 9.84 Å². The van der Waals surface area contributed by atoms with E-state index in [0.29, 0.717) is 18.5 Å². The Morgan fingerprint density at radius 2 is 1.68 bits per heavy atom. The Labute approximate surface area is 296 Å². The third kappa shape index (κ3) is 9.95. The number of fused-ring (bicyclic) bond motifs is 1. The Hall–Kier alpha value is -3.74. The Morgan fingerprint density at radius 3 is 2.30 bits per heavy atom. The normalized spacial score (nSPS) is 22.7. The number of amides is 5. The van der Waals surface area contributed by atoms with Crippen LogP contribution in [0.2, 0.25) is 0 Å². The summed E-state index contributed by atoms with van der Waals surface area (Å²) >= 11 is 0. The fourth-order valence-electron chi connectivity index (χ4n) is 7.63. The number of hydrogen-bond acceptors (Lipinski definition) is 7. The van der Waals surface area contributed by atoms with E-state index in [4.69, 9.17) is 0 Å². The summed E-state index contributed by atoms with van der Waals surface area (Å²) in [6.45, 7) is 13.5. The van der Waals surface area contributed by atoms with Gasteiger partial charge in [-0.25, -0.2) is 13.2 Å². The van der Waals surface area contributed by atoms with E-state index in [2.05, 4.69) is 41.7 Å². The molecule has 5 amide bonds. The van der Waals surface area contributed by atoms with Gasteiger partial charge in [-0.15, -0.1) is 6.58 Å². The van der Waals surface area contributed by atoms with Gasteiger partial charge in [-0.2, -0.15) is 0 Å². The number of urea groups is 1. The Kier molecular flexibility index (Phi) is 12.6. The molecule has 12 nitrogen and oxygen atoms in total. The summed E-state index contributed by atoms with van der Waals surface area (Å²) in [7, 11) is -3.56. The van der Waals surface area contributed by atoms with Crippen LogP contribution < -0.4 is 21.3 Å². The van der Waals surface area contributed by atoms with Crippen LogP contribution in [0.5, 0.6) is 0 Å². The van der Waals surface area contributed by atoms with Gasteiger partial charge in [0.1, 0.15) is 12.1 Å². The molecule has 1 saturated heterocycles. The van der Waals surface area contributed by atoms with Crippen LogP contribution in [0.4, 0.5) is 4.79 Å². The summed E-state index contributed by atoms with van der Waals surface area (Å²) < 4.78 is 25.2. The molecule has 0 radical (unpaired) electrons. The minimum atomic E-state index is -3.56. The monoisotopic (exact) mass is 713 g/mol. The molecular weight excluding hydrogens is 659 g/mol. The van der Waals surface area contributed by atoms with Crippen LogP contribution >= 0.6 is 0 Å². The van der Waals surface area contributed by atoms with Gasteiger partial charge in [0.2, 0.25) is 17.6 Å². The van der Waals surface area contributed by atoms with E-state index in [1.807, 2.05) is 20.8 Å². The summed E-state index contributed by atoms with van der Waals surface area (Å²) in [5.41, 5.74) is -0.0993. The van der Waals surface area contributed by atoms with Crippen molar-refractivity contribution in [2.24, 2.45) is 23.2 Å². The number of Topliss-reactive ketones (excluding diaryl/α,β-unsaturated/α-hetero) is 1. The molecule has 4 N–H and O–H groups in total. The largest absolute Gasteiger partial charge is 0.348 e. The maximum absolute atomic E-state index is 14.4. The third-order valence-corrected chi connectivity index (χ3v) is 12.0. The number of carbonyl (C=O) groups is 5. The Morgan fingerprint density at radius 1 is 1.02 bits per heavy atom. The molecule has 2 aliphatic carbocycles. The molecule has 13 heteroatoms. The van der Waals surface area contributed by atoms with E-state index in [1.54, 1.807) is 41.3 Å². The molecule has 50 heavy (non-hydrogen) atoms. The Bertz CT molecular complexity index is 1530. The van der Waals surface area contributed by atoms with E-state index in [1.165, 1.54) is 0 Å². The zero-order valence-corrected chi connectivity index (χ0v) is 30.9. The van der Waals surface area contributed by atoms with Crippen LogP contribution in [0.1, 0.15) is 85.1 Å². The smallest absolute Gasteiger partial charge is 0.315 e. The quantitative estimate of drug-likeness (QED) is 0.160. The number of hydrogen-bond donors (Lipinski definition) is 4. The van der Waals surface area contributed by atoms with Crippen molar-refractivity contribution in [2.75, 3.05) is 18.8 Å². The van der Waals surface area contributed by atoms with Crippen LogP contribution in [0.3, 0.4) is 0 Å². The maximum atomic E-state index is 14.4. The van der Waals surface area contributed by atoms with Crippen molar-refractivity contribution in [3.63, 3.8) is 0 Å². The first-order chi connectivity index (χ1) is 23.4. The van der Waals surface area contributed by atoms with Crippen molar-refractivity contribution >= 4 is 39.4 Å². The summed E-state index contributed by atoms with van der Waals surface area (Å²) in [5, 5.41) is 11.0. The van der Waals surface area contributed by atoms with Crippen LogP contribution in [0.15, 0.2) is 43.0 Å². The standard InChI is InChI=1S/C37H55N5O7S/c1-7-8-19-27(31(43)33(45)38-20-21-50(48,49)23-24-15-11-9-12-16-24)39-32(44)30-28-26(37(28,5)6)22-42(30)34(46)29(25-17-13-10-14-18-25)40-35(47)41-36(2,3)4/h7,9,11-12,15-16,25-30H,1,8,10,13-14,17-23H2,2-6H3,(H,38,45)(H,39,44)(H2,40,41,47)/t26?,27-,28+,29+,30+/m1/s1. The molecule has 5 atom stereocenters. The van der Waals surface area contributed by atoms with Crippen molar-refractivity contribution in [3.05, 3.63) is 48.6 Å². The molecule has 0 spiro atoms. The van der Waals surface area contributed by atoms with Crippen molar-refractivity contribution in [3.8, 4) is 0 Å². The van der Waals surface area contributed by atoms with Gasteiger partial charge < -0.3 is 26.2 Å². The molecule has 1 aromatic carbocycles. The zero-order chi connectivity index (χ0) is 36.9. The number of likely N-dealkylation sites (tertiary alicyclic amines) is 1. The maximum Gasteiger partial charge on any atom is 0.315 e. The fraction of sp³-hybridized carbons (Fsp3) is 0.649. The van der Waals surface area contributed by atoms with Crippen LogP contribution in [0, 0.1) is 23.2 Å². The average Bonchev–Trinajstić information content (AvgIpc) is 3.35. The second kappa shape index (κ2) is 16.1. The molecule has 2 saturated carbocycles. The average molecular weight is 714 g/mol. The fourth-order valence-corrected chi connectivity index (χ4v) is 8.89. The Balaban J connectivity index is 1.46. The van der Waals surface area contributed by atoms with Gasteiger partial charge in [0, 0.05) is 18.6 Å². The molecule has 3 aliphatic rings. The highest BCUT2D eigenvalue weighted by Crippen LogP contribution is 2.65. The molecule has 4 rings (SSSR count). The van der Waals surface area contributed by atoms with Crippen molar-refractivity contribution in [2.45, 2.75) is 109 Å². The van der Waals surface area contributed by atoms with Crippen LogP contribution in [-0.4, -0.2) is 85.4 Å². The summed E-state index contributed by atoms with van der Waals surface area (Å²) in [6, 6.07) is 5.34. The molecule has 0 aromatic heterocycles. The first-order valence-electron chi connectivity index (χ1n) is 17.8. The molecule has 276 valence electrons. The SMILES string of the molecule is C=CCC[C@@H](NC(=O)[C@@H]1[C@@H]2C(CN1C(=O)[C@@H](NC(=O)NC(C)(C)C)C1CCCCC1)C2(C)C)C(=O)C(=O)NCCS(=O)(=O)Cc1ccccc1. The van der Waals surface area contributed by atoms with Gasteiger partial charge in [0.25, 0.3) is 5.91 Å². The topological polar surface area (TPSA) is 171 Å². The van der Waals surface area contributed by atoms with Crippen LogP contribution in [-0.2, 0) is 34.8 Å². The number of benzene rings is 1. The summed E-state index contributed by atoms with van der Waals surface area (Å²) in [4.78, 5) is 69.4. The van der Waals surface area contributed by atoms with Crippen molar-refractivity contribution < 1.29 is 32.4 Å². The highest BCUT2D eigenvalue weighted by molar-refractivity contribution is 7.90. The number of piperidine rings is 1. The van der Waals surface area contributed by atoms with Gasteiger partial charge in [-0.1, -0.05) is 69.5 Å². The number of nitrogens with zero attached hydrogens (tertiary/aromatic N) is 1. The molecular formula is C37H55N5O7S. The molecule has 1 heterocycles. The number of ketones is 1. The van der Waals surface area contributed by atoms with E-state index >= 15 is 0 Å². The lowest BCUT2D eigenvalue weighted by Gasteiger charge is -2.37. The van der Waals surface area contributed by atoms with E-state index < -0.39 is 57.1 Å². The zero-order valence-electron chi connectivity index (χ0n) is 30.1. The van der Waals surface area contributed by atoms with E-state index in [-0.39, 0.29) is 53.5 Å². The lowest BCUT2D eigenvalue weighted by molar-refractivity contribution is -0.144. The molecule has 0 bridgehead atoms. The first-order valence-corrected chi connectivity index (χ1v) is 19.6. The minimum Gasteiger partial charge on any atom is -0.348 e. The molecule has 1 aromatic rings. The summed E-state index contributed by atoms with van der Waals surface area (Å²) in [6.07, 6.45) is 6.56. The lowest BCUT2D eigenvalue weighted by Crippen LogP contribution is -2.61. The predicted octanol–water partition coefficient (Wildman–Crippen LogP) is 3.27. The molecule has 1 unspecified atom stereocenters. The number of carbonyl (C=O) groups excluding carboxylic acids is 5.